The summed E-state index contributed by atoms with van der Waals surface area (Å²) in [6.07, 6.45) is 1.50. The van der Waals surface area contributed by atoms with Gasteiger partial charge in [0.1, 0.15) is 11.2 Å². The molecule has 0 saturated carbocycles. The quantitative estimate of drug-likeness (QED) is 0.751. The van der Waals surface area contributed by atoms with Crippen LogP contribution < -0.4 is 5.32 Å². The van der Waals surface area contributed by atoms with Crippen molar-refractivity contribution in [3.05, 3.63) is 29.0 Å². The van der Waals surface area contributed by atoms with Gasteiger partial charge in [0.2, 0.25) is 0 Å². The van der Waals surface area contributed by atoms with E-state index >= 15 is 0 Å². The summed E-state index contributed by atoms with van der Waals surface area (Å²) in [5.41, 5.74) is 0.296. The number of carboxylic acids is 1. The number of nitrogens with zero attached hydrogens (tertiary/aromatic N) is 2. The van der Waals surface area contributed by atoms with Gasteiger partial charge in [-0.25, -0.2) is 4.98 Å². The zero-order chi connectivity index (χ0) is 13.1. The molecule has 1 aliphatic rings. The first-order valence-corrected chi connectivity index (χ1v) is 5.83. The van der Waals surface area contributed by atoms with Crippen LogP contribution in [0.2, 0.25) is 5.15 Å². The molecule has 1 unspecified atom stereocenters. The largest absolute Gasteiger partial charge is 0.480 e. The Kier molecular flexibility index (Phi) is 3.78. The van der Waals surface area contributed by atoms with Gasteiger partial charge in [-0.2, -0.15) is 0 Å². The monoisotopic (exact) mass is 269 g/mol. The minimum atomic E-state index is -0.968. The summed E-state index contributed by atoms with van der Waals surface area (Å²) in [7, 11) is 0. The first kappa shape index (κ1) is 12.8. The van der Waals surface area contributed by atoms with Gasteiger partial charge in [-0.1, -0.05) is 11.6 Å². The highest BCUT2D eigenvalue weighted by Crippen LogP contribution is 2.15. The standard InChI is InChI=1S/C11H12ClN3O3/c12-9-7(2-1-3-14-9)10(16)15-5-4-13-8(6-15)11(17)18/h1-3,8,13H,4-6H2,(H,17,18). The first-order chi connectivity index (χ1) is 8.59. The Balaban J connectivity index is 2.14. The summed E-state index contributed by atoms with van der Waals surface area (Å²) in [6.45, 7) is 1.02. The Morgan fingerprint density at radius 1 is 1.56 bits per heavy atom. The molecule has 1 aromatic rings. The second-order valence-corrected chi connectivity index (χ2v) is 4.30. The van der Waals surface area contributed by atoms with Crippen LogP contribution in [-0.2, 0) is 4.79 Å². The molecule has 1 atom stereocenters. The van der Waals surface area contributed by atoms with Crippen molar-refractivity contribution in [2.24, 2.45) is 0 Å². The van der Waals surface area contributed by atoms with E-state index in [1.807, 2.05) is 0 Å². The maximum Gasteiger partial charge on any atom is 0.322 e. The number of amides is 1. The van der Waals surface area contributed by atoms with E-state index in [1.54, 1.807) is 12.1 Å². The van der Waals surface area contributed by atoms with Crippen molar-refractivity contribution in [3.8, 4) is 0 Å². The van der Waals surface area contributed by atoms with Crippen molar-refractivity contribution >= 4 is 23.5 Å². The van der Waals surface area contributed by atoms with Crippen LogP contribution >= 0.6 is 11.6 Å². The van der Waals surface area contributed by atoms with Crippen LogP contribution in [0.25, 0.3) is 0 Å². The summed E-state index contributed by atoms with van der Waals surface area (Å²) >= 11 is 5.85. The summed E-state index contributed by atoms with van der Waals surface area (Å²) < 4.78 is 0. The van der Waals surface area contributed by atoms with Gasteiger partial charge in [0, 0.05) is 25.8 Å². The smallest absolute Gasteiger partial charge is 0.322 e. The molecule has 0 spiro atoms. The maximum absolute atomic E-state index is 12.2. The van der Waals surface area contributed by atoms with Crippen molar-refractivity contribution < 1.29 is 14.7 Å². The Morgan fingerprint density at radius 3 is 3.00 bits per heavy atom. The molecule has 2 heterocycles. The highest BCUT2D eigenvalue weighted by molar-refractivity contribution is 6.32. The van der Waals surface area contributed by atoms with Gasteiger partial charge >= 0.3 is 5.97 Å². The first-order valence-electron chi connectivity index (χ1n) is 5.45. The SMILES string of the molecule is O=C(O)C1CN(C(=O)c2cccnc2Cl)CCN1. The van der Waals surface area contributed by atoms with Gasteiger partial charge in [-0.05, 0) is 12.1 Å². The van der Waals surface area contributed by atoms with E-state index in [2.05, 4.69) is 10.3 Å². The van der Waals surface area contributed by atoms with Crippen LogP contribution in [-0.4, -0.2) is 52.5 Å². The van der Waals surface area contributed by atoms with Crippen molar-refractivity contribution in [1.29, 1.82) is 0 Å². The molecule has 2 N–H and O–H groups in total. The van der Waals surface area contributed by atoms with E-state index < -0.39 is 12.0 Å². The van der Waals surface area contributed by atoms with Gasteiger partial charge in [0.25, 0.3) is 5.91 Å². The number of hydrogen-bond acceptors (Lipinski definition) is 4. The van der Waals surface area contributed by atoms with E-state index in [0.717, 1.165) is 0 Å². The molecule has 0 aliphatic carbocycles. The van der Waals surface area contributed by atoms with Crippen molar-refractivity contribution in [1.82, 2.24) is 15.2 Å². The average molecular weight is 270 g/mol. The van der Waals surface area contributed by atoms with Crippen LogP contribution in [0.5, 0.6) is 0 Å². The lowest BCUT2D eigenvalue weighted by molar-refractivity contribution is -0.140. The maximum atomic E-state index is 12.2. The molecule has 7 heteroatoms. The zero-order valence-electron chi connectivity index (χ0n) is 9.47. The third kappa shape index (κ3) is 2.60. The van der Waals surface area contributed by atoms with Gasteiger partial charge in [-0.15, -0.1) is 0 Å². The fourth-order valence-electron chi connectivity index (χ4n) is 1.82. The van der Waals surface area contributed by atoms with E-state index in [0.29, 0.717) is 18.7 Å². The van der Waals surface area contributed by atoms with Crippen LogP contribution in [0.1, 0.15) is 10.4 Å². The lowest BCUT2D eigenvalue weighted by Crippen LogP contribution is -2.55. The van der Waals surface area contributed by atoms with E-state index in [4.69, 9.17) is 16.7 Å². The molecule has 0 bridgehead atoms. The van der Waals surface area contributed by atoms with Gasteiger partial charge in [0.15, 0.2) is 0 Å². The van der Waals surface area contributed by atoms with Gasteiger partial charge in [0.05, 0.1) is 5.56 Å². The third-order valence-electron chi connectivity index (χ3n) is 2.75. The predicted octanol–water partition coefficient (Wildman–Crippen LogP) is 0.234. The van der Waals surface area contributed by atoms with Crippen molar-refractivity contribution in [2.45, 2.75) is 6.04 Å². The molecule has 1 aliphatic heterocycles. The average Bonchev–Trinajstić information content (AvgIpc) is 2.38. The van der Waals surface area contributed by atoms with Crippen LogP contribution in [0, 0.1) is 0 Å². The van der Waals surface area contributed by atoms with E-state index in [9.17, 15) is 9.59 Å². The number of nitrogens with one attached hydrogen (secondary N) is 1. The molecule has 1 fully saturated rings. The lowest BCUT2D eigenvalue weighted by Gasteiger charge is -2.31. The van der Waals surface area contributed by atoms with E-state index in [1.165, 1.54) is 11.1 Å². The minimum Gasteiger partial charge on any atom is -0.480 e. The van der Waals surface area contributed by atoms with Gasteiger partial charge in [-0.3, -0.25) is 9.59 Å². The number of carbonyl (C=O) groups excluding carboxylic acids is 1. The van der Waals surface area contributed by atoms with Crippen molar-refractivity contribution in [2.75, 3.05) is 19.6 Å². The summed E-state index contributed by atoms with van der Waals surface area (Å²) in [5, 5.41) is 11.9. The van der Waals surface area contributed by atoms with Crippen LogP contribution in [0.3, 0.4) is 0 Å². The fraction of sp³-hybridized carbons (Fsp3) is 0.364. The fourth-order valence-corrected chi connectivity index (χ4v) is 2.02. The van der Waals surface area contributed by atoms with Crippen LogP contribution in [0.4, 0.5) is 0 Å². The second kappa shape index (κ2) is 5.32. The predicted molar refractivity (Wildman–Crippen MR) is 64.6 cm³/mol. The number of hydrogen-bond donors (Lipinski definition) is 2. The van der Waals surface area contributed by atoms with E-state index in [-0.39, 0.29) is 17.6 Å². The van der Waals surface area contributed by atoms with Crippen LogP contribution in [0.15, 0.2) is 18.3 Å². The Hall–Kier alpha value is -1.66. The molecule has 96 valence electrons. The molecule has 18 heavy (non-hydrogen) atoms. The Bertz CT molecular complexity index is 480. The molecule has 1 amide bonds. The third-order valence-corrected chi connectivity index (χ3v) is 3.05. The molecule has 0 aromatic carbocycles. The van der Waals surface area contributed by atoms with Crippen molar-refractivity contribution in [3.63, 3.8) is 0 Å². The van der Waals surface area contributed by atoms with Gasteiger partial charge < -0.3 is 15.3 Å². The minimum absolute atomic E-state index is 0.124. The Morgan fingerprint density at radius 2 is 2.33 bits per heavy atom. The molecule has 0 radical (unpaired) electrons. The number of pyridine rings is 1. The molecule has 1 aromatic heterocycles. The molecule has 2 rings (SSSR count). The lowest BCUT2D eigenvalue weighted by atomic mass is 10.1. The number of aromatic nitrogens is 1. The number of carbonyl (C=O) groups is 2. The number of aliphatic carboxylic acids is 1. The summed E-state index contributed by atoms with van der Waals surface area (Å²) in [6, 6.07) is 2.46. The highest BCUT2D eigenvalue weighted by Gasteiger charge is 2.29. The summed E-state index contributed by atoms with van der Waals surface area (Å²) in [5.74, 6) is -1.26. The number of halogens is 1. The normalized spacial score (nSPS) is 19.6. The number of carboxylic acid groups (broad SMARTS) is 1. The topological polar surface area (TPSA) is 82.5 Å². The Labute approximate surface area is 109 Å². The molecular formula is C11H12ClN3O3. The zero-order valence-corrected chi connectivity index (χ0v) is 10.2. The number of piperazine rings is 1. The molecule has 6 nitrogen and oxygen atoms in total. The summed E-state index contributed by atoms with van der Waals surface area (Å²) in [4.78, 5) is 28.4. The second-order valence-electron chi connectivity index (χ2n) is 3.94. The molecule has 1 saturated heterocycles. The number of rotatable bonds is 2. The highest BCUT2D eigenvalue weighted by atomic mass is 35.5. The molecular weight excluding hydrogens is 258 g/mol.